The van der Waals surface area contributed by atoms with E-state index in [4.69, 9.17) is 4.74 Å². The average molecular weight is 342 g/mol. The lowest BCUT2D eigenvalue weighted by atomic mass is 10.2. The second kappa shape index (κ2) is 5.84. The number of nitrogens with one attached hydrogen (secondary N) is 2. The van der Waals surface area contributed by atoms with Crippen molar-refractivity contribution in [3.05, 3.63) is 17.5 Å². The highest BCUT2D eigenvalue weighted by Gasteiger charge is 2.36. The van der Waals surface area contributed by atoms with E-state index in [1.807, 2.05) is 0 Å². The predicted octanol–water partition coefficient (Wildman–Crippen LogP) is 2.86. The molecule has 0 spiro atoms. The first-order chi connectivity index (χ1) is 11.3. The van der Waals surface area contributed by atoms with Crippen LogP contribution in [0.2, 0.25) is 0 Å². The molecule has 1 atom stereocenters. The first-order valence-electron chi connectivity index (χ1n) is 7.40. The molecule has 1 aliphatic rings. The summed E-state index contributed by atoms with van der Waals surface area (Å²) in [6, 6.07) is -0.257. The van der Waals surface area contributed by atoms with Crippen molar-refractivity contribution in [3.8, 4) is 5.75 Å². The van der Waals surface area contributed by atoms with Gasteiger partial charge in [-0.15, -0.1) is 0 Å². The van der Waals surface area contributed by atoms with Gasteiger partial charge in [-0.3, -0.25) is 0 Å². The lowest BCUT2D eigenvalue weighted by Crippen LogP contribution is -2.22. The minimum atomic E-state index is -4.54. The van der Waals surface area contributed by atoms with E-state index in [1.54, 1.807) is 25.6 Å². The third-order valence-electron chi connectivity index (χ3n) is 3.67. The molecule has 0 amide bonds. The number of alkyl halides is 3. The maximum absolute atomic E-state index is 13.1. The molecule has 0 radical (unpaired) electrons. The quantitative estimate of drug-likeness (QED) is 0.767. The molecule has 3 heterocycles. The highest BCUT2D eigenvalue weighted by atomic mass is 19.4. The van der Waals surface area contributed by atoms with Crippen LogP contribution < -0.4 is 15.4 Å². The molecule has 2 aromatic heterocycles. The lowest BCUT2D eigenvalue weighted by Gasteiger charge is -2.18. The molecule has 10 heteroatoms. The van der Waals surface area contributed by atoms with Crippen molar-refractivity contribution in [2.45, 2.75) is 32.5 Å². The fourth-order valence-electron chi connectivity index (χ4n) is 2.46. The van der Waals surface area contributed by atoms with Crippen molar-refractivity contribution in [3.63, 3.8) is 0 Å². The summed E-state index contributed by atoms with van der Waals surface area (Å²) in [5.74, 6) is 0.812. The van der Waals surface area contributed by atoms with Gasteiger partial charge < -0.3 is 15.4 Å². The third-order valence-corrected chi connectivity index (χ3v) is 3.67. The van der Waals surface area contributed by atoms with E-state index in [2.05, 4.69) is 25.7 Å². The normalized spacial score (nSPS) is 17.8. The van der Waals surface area contributed by atoms with E-state index in [0.29, 0.717) is 30.3 Å². The van der Waals surface area contributed by atoms with Gasteiger partial charge in [-0.2, -0.15) is 23.3 Å². The van der Waals surface area contributed by atoms with Gasteiger partial charge in [-0.1, -0.05) is 0 Å². The lowest BCUT2D eigenvalue weighted by molar-refractivity contribution is -0.137. The fourth-order valence-corrected chi connectivity index (χ4v) is 2.46. The molecule has 0 fully saturated rings. The number of hydrogen-bond acceptors (Lipinski definition) is 6. The number of hydrogen-bond donors (Lipinski definition) is 2. The summed E-state index contributed by atoms with van der Waals surface area (Å²) in [4.78, 5) is 7.77. The van der Waals surface area contributed by atoms with E-state index in [0.717, 1.165) is 6.20 Å². The minimum Gasteiger partial charge on any atom is -0.488 e. The van der Waals surface area contributed by atoms with Crippen LogP contribution in [-0.2, 0) is 13.2 Å². The third kappa shape index (κ3) is 3.08. The van der Waals surface area contributed by atoms with Crippen LogP contribution in [0.5, 0.6) is 5.75 Å². The molecule has 1 aliphatic heterocycles. The van der Waals surface area contributed by atoms with Gasteiger partial charge >= 0.3 is 6.18 Å². The molecule has 24 heavy (non-hydrogen) atoms. The van der Waals surface area contributed by atoms with Crippen LogP contribution in [0.1, 0.15) is 24.6 Å². The smallest absolute Gasteiger partial charge is 0.421 e. The number of anilines is 3. The molecule has 3 rings (SSSR count). The maximum atomic E-state index is 13.1. The van der Waals surface area contributed by atoms with E-state index in [1.165, 1.54) is 0 Å². The molecule has 2 N–H and O–H groups in total. The molecule has 130 valence electrons. The van der Waals surface area contributed by atoms with Gasteiger partial charge in [0.1, 0.15) is 17.1 Å². The molecule has 0 saturated heterocycles. The summed E-state index contributed by atoms with van der Waals surface area (Å²) in [6.45, 7) is 3.90. The Morgan fingerprint density at radius 2 is 2.12 bits per heavy atom. The number of aryl methyl sites for hydroxylation is 2. The largest absolute Gasteiger partial charge is 0.488 e. The number of fused-ring (bicyclic) bond motifs is 3. The highest BCUT2D eigenvalue weighted by Crippen LogP contribution is 2.36. The first kappa shape index (κ1) is 16.3. The molecule has 2 aromatic rings. The van der Waals surface area contributed by atoms with Gasteiger partial charge in [-0.25, -0.2) is 9.67 Å². The molecular weight excluding hydrogens is 325 g/mol. The zero-order chi connectivity index (χ0) is 17.5. The van der Waals surface area contributed by atoms with Crippen LogP contribution >= 0.6 is 0 Å². The SMILES string of the molecule is Cc1nn(C)c2c1OCC[C@@H](C)Nc1nc(ncc1C(F)(F)F)N2. The van der Waals surface area contributed by atoms with Crippen LogP contribution in [0.25, 0.3) is 0 Å². The number of halogens is 3. The van der Waals surface area contributed by atoms with Crippen LogP contribution in [0.15, 0.2) is 6.20 Å². The van der Waals surface area contributed by atoms with Crippen molar-refractivity contribution in [1.82, 2.24) is 19.7 Å². The van der Waals surface area contributed by atoms with E-state index >= 15 is 0 Å². The van der Waals surface area contributed by atoms with Crippen molar-refractivity contribution >= 4 is 17.6 Å². The van der Waals surface area contributed by atoms with Gasteiger partial charge in [0.2, 0.25) is 5.95 Å². The second-order valence-electron chi connectivity index (χ2n) is 5.65. The Balaban J connectivity index is 2.08. The van der Waals surface area contributed by atoms with Crippen molar-refractivity contribution in [2.75, 3.05) is 17.2 Å². The van der Waals surface area contributed by atoms with E-state index in [9.17, 15) is 13.2 Å². The van der Waals surface area contributed by atoms with Crippen LogP contribution in [0, 0.1) is 6.92 Å². The molecule has 0 saturated carbocycles. The Morgan fingerprint density at radius 1 is 1.38 bits per heavy atom. The Kier molecular flexibility index (Phi) is 3.98. The number of rotatable bonds is 0. The molecule has 0 unspecified atom stereocenters. The van der Waals surface area contributed by atoms with Crippen LogP contribution in [0.4, 0.5) is 30.8 Å². The second-order valence-corrected chi connectivity index (χ2v) is 5.65. The Hall–Kier alpha value is -2.52. The Morgan fingerprint density at radius 3 is 2.83 bits per heavy atom. The summed E-state index contributed by atoms with van der Waals surface area (Å²) >= 11 is 0. The van der Waals surface area contributed by atoms with E-state index in [-0.39, 0.29) is 17.8 Å². The predicted molar refractivity (Wildman–Crippen MR) is 81.5 cm³/mol. The zero-order valence-corrected chi connectivity index (χ0v) is 13.4. The van der Waals surface area contributed by atoms with Gasteiger partial charge in [0, 0.05) is 25.7 Å². The number of aromatic nitrogens is 4. The van der Waals surface area contributed by atoms with Crippen molar-refractivity contribution < 1.29 is 17.9 Å². The molecule has 0 aromatic carbocycles. The summed E-state index contributed by atoms with van der Waals surface area (Å²) in [5, 5.41) is 9.93. The summed E-state index contributed by atoms with van der Waals surface area (Å²) in [5.41, 5.74) is -0.228. The van der Waals surface area contributed by atoms with Gasteiger partial charge in [-0.05, 0) is 13.8 Å². The molecule has 0 aliphatic carbocycles. The van der Waals surface area contributed by atoms with Crippen molar-refractivity contribution in [2.24, 2.45) is 7.05 Å². The van der Waals surface area contributed by atoms with Gasteiger partial charge in [0.05, 0.1) is 6.61 Å². The van der Waals surface area contributed by atoms with Crippen LogP contribution in [-0.4, -0.2) is 32.4 Å². The van der Waals surface area contributed by atoms with Crippen LogP contribution in [0.3, 0.4) is 0 Å². The maximum Gasteiger partial charge on any atom is 0.421 e. The Labute approximate surface area is 136 Å². The number of ether oxygens (including phenoxy) is 1. The van der Waals surface area contributed by atoms with Gasteiger partial charge in [0.15, 0.2) is 11.6 Å². The minimum absolute atomic E-state index is 0.0347. The average Bonchev–Trinajstić information content (AvgIpc) is 2.72. The first-order valence-corrected chi connectivity index (χ1v) is 7.40. The fraction of sp³-hybridized carbons (Fsp3) is 0.500. The topological polar surface area (TPSA) is 76.9 Å². The van der Waals surface area contributed by atoms with Gasteiger partial charge in [0.25, 0.3) is 0 Å². The van der Waals surface area contributed by atoms with Crippen molar-refractivity contribution in [1.29, 1.82) is 0 Å². The molecule has 2 bridgehead atoms. The standard InChI is InChI=1S/C14H17F3N6O/c1-7-4-5-24-10-8(2)22-23(3)12(10)21-13-18-6-9(14(15,16)17)11(19-7)20-13/h6-7H,4-5H2,1-3H3,(H2,18,19,20,21)/t7-/m1/s1. The summed E-state index contributed by atoms with van der Waals surface area (Å²) in [7, 11) is 1.70. The van der Waals surface area contributed by atoms with E-state index < -0.39 is 11.7 Å². The number of nitrogens with zero attached hydrogens (tertiary/aromatic N) is 4. The monoisotopic (exact) mass is 342 g/mol. The highest BCUT2D eigenvalue weighted by molar-refractivity contribution is 5.61. The summed E-state index contributed by atoms with van der Waals surface area (Å²) < 4.78 is 46.7. The summed E-state index contributed by atoms with van der Waals surface area (Å²) in [6.07, 6.45) is -3.26. The zero-order valence-electron chi connectivity index (χ0n) is 13.4. The molecule has 7 nitrogen and oxygen atoms in total. The Bertz CT molecular complexity index is 758. The molecular formula is C14H17F3N6O.